The van der Waals surface area contributed by atoms with Gasteiger partial charge in [-0.15, -0.1) is 0 Å². The zero-order valence-electron chi connectivity index (χ0n) is 11.4. The van der Waals surface area contributed by atoms with Gasteiger partial charge >= 0.3 is 0 Å². The lowest BCUT2D eigenvalue weighted by atomic mass is 10.2. The van der Waals surface area contributed by atoms with Gasteiger partial charge in [0.15, 0.2) is 5.16 Å². The number of aryl methyl sites for hydroxylation is 1. The number of hydrogen-bond acceptors (Lipinski definition) is 3. The molecule has 0 fully saturated rings. The summed E-state index contributed by atoms with van der Waals surface area (Å²) in [7, 11) is 0. The SMILES string of the molecule is CCCCc1cc(=O)[nH]c(SCc2ccc(Br)cc2)n1. The fraction of sp³-hybridized carbons (Fsp3) is 0.333. The lowest BCUT2D eigenvalue weighted by molar-refractivity contribution is 0.752. The topological polar surface area (TPSA) is 45.8 Å². The molecule has 0 aliphatic carbocycles. The van der Waals surface area contributed by atoms with Crippen LogP contribution in [0.25, 0.3) is 0 Å². The van der Waals surface area contributed by atoms with Crippen LogP contribution in [-0.2, 0) is 12.2 Å². The van der Waals surface area contributed by atoms with E-state index in [4.69, 9.17) is 0 Å². The highest BCUT2D eigenvalue weighted by Crippen LogP contribution is 2.20. The van der Waals surface area contributed by atoms with Crippen LogP contribution in [0.1, 0.15) is 31.0 Å². The van der Waals surface area contributed by atoms with Gasteiger partial charge in [0.05, 0.1) is 0 Å². The minimum absolute atomic E-state index is 0.0654. The molecule has 0 saturated carbocycles. The van der Waals surface area contributed by atoms with Crippen LogP contribution >= 0.6 is 27.7 Å². The molecule has 0 aliphatic heterocycles. The molecule has 1 heterocycles. The van der Waals surface area contributed by atoms with Crippen molar-refractivity contribution in [3.63, 3.8) is 0 Å². The summed E-state index contributed by atoms with van der Waals surface area (Å²) in [5.41, 5.74) is 2.03. The van der Waals surface area contributed by atoms with E-state index in [-0.39, 0.29) is 5.56 Å². The van der Waals surface area contributed by atoms with Gasteiger partial charge in [0, 0.05) is 22.0 Å². The molecule has 0 saturated heterocycles. The Morgan fingerprint density at radius 1 is 1.30 bits per heavy atom. The van der Waals surface area contributed by atoms with E-state index < -0.39 is 0 Å². The number of nitrogens with zero attached hydrogens (tertiary/aromatic N) is 1. The summed E-state index contributed by atoms with van der Waals surface area (Å²) >= 11 is 4.98. The van der Waals surface area contributed by atoms with Crippen molar-refractivity contribution in [3.8, 4) is 0 Å². The van der Waals surface area contributed by atoms with Crippen LogP contribution in [0, 0.1) is 0 Å². The second-order valence-corrected chi connectivity index (χ2v) is 6.44. The zero-order valence-corrected chi connectivity index (χ0v) is 13.8. The number of halogens is 1. The normalized spacial score (nSPS) is 10.7. The second kappa shape index (κ2) is 7.64. The van der Waals surface area contributed by atoms with Crippen LogP contribution in [0.4, 0.5) is 0 Å². The van der Waals surface area contributed by atoms with E-state index in [1.165, 1.54) is 5.56 Å². The first-order chi connectivity index (χ1) is 9.67. The summed E-state index contributed by atoms with van der Waals surface area (Å²) in [5, 5.41) is 0.700. The van der Waals surface area contributed by atoms with Crippen LogP contribution in [0.5, 0.6) is 0 Å². The zero-order chi connectivity index (χ0) is 14.4. The fourth-order valence-corrected chi connectivity index (χ4v) is 2.88. The van der Waals surface area contributed by atoms with Crippen LogP contribution in [0.3, 0.4) is 0 Å². The number of H-pyrrole nitrogens is 1. The predicted molar refractivity (Wildman–Crippen MR) is 87.2 cm³/mol. The highest BCUT2D eigenvalue weighted by atomic mass is 79.9. The highest BCUT2D eigenvalue weighted by Gasteiger charge is 2.03. The predicted octanol–water partition coefficient (Wildman–Crippen LogP) is 4.17. The number of aromatic amines is 1. The number of aromatic nitrogens is 2. The van der Waals surface area contributed by atoms with Gasteiger partial charge in [-0.1, -0.05) is 53.2 Å². The standard InChI is InChI=1S/C15H17BrN2OS/c1-2-3-4-13-9-14(19)18-15(17-13)20-10-11-5-7-12(16)8-6-11/h5-9H,2-4,10H2,1H3,(H,17,18,19). The molecule has 3 nitrogen and oxygen atoms in total. The molecule has 0 radical (unpaired) electrons. The maximum Gasteiger partial charge on any atom is 0.251 e. The molecule has 0 aliphatic rings. The summed E-state index contributed by atoms with van der Waals surface area (Å²) < 4.78 is 1.07. The Labute approximate surface area is 131 Å². The number of benzene rings is 1. The van der Waals surface area contributed by atoms with E-state index in [0.717, 1.165) is 35.2 Å². The third-order valence-corrected chi connectivity index (χ3v) is 4.32. The van der Waals surface area contributed by atoms with Crippen molar-refractivity contribution in [2.45, 2.75) is 37.1 Å². The Balaban J connectivity index is 2.03. The minimum atomic E-state index is -0.0654. The Kier molecular flexibility index (Phi) is 5.86. The monoisotopic (exact) mass is 352 g/mol. The van der Waals surface area contributed by atoms with Gasteiger partial charge in [0.1, 0.15) is 0 Å². The van der Waals surface area contributed by atoms with Gasteiger partial charge in [-0.2, -0.15) is 0 Å². The van der Waals surface area contributed by atoms with E-state index in [0.29, 0.717) is 5.16 Å². The molecule has 0 spiro atoms. The van der Waals surface area contributed by atoms with Crippen molar-refractivity contribution in [1.82, 2.24) is 9.97 Å². The Morgan fingerprint density at radius 2 is 2.05 bits per heavy atom. The lowest BCUT2D eigenvalue weighted by Gasteiger charge is -2.04. The molecule has 0 unspecified atom stereocenters. The molecule has 5 heteroatoms. The molecule has 20 heavy (non-hydrogen) atoms. The van der Waals surface area contributed by atoms with E-state index in [1.54, 1.807) is 17.8 Å². The molecule has 1 aromatic heterocycles. The van der Waals surface area contributed by atoms with Gasteiger partial charge in [0.2, 0.25) is 0 Å². The molecule has 0 atom stereocenters. The fourth-order valence-electron chi connectivity index (χ4n) is 1.77. The maximum absolute atomic E-state index is 11.6. The Hall–Kier alpha value is -1.07. The average Bonchev–Trinajstić information content (AvgIpc) is 2.44. The number of hydrogen-bond donors (Lipinski definition) is 1. The lowest BCUT2D eigenvalue weighted by Crippen LogP contribution is -2.10. The Bertz CT molecular complexity index is 610. The van der Waals surface area contributed by atoms with Crippen molar-refractivity contribution in [1.29, 1.82) is 0 Å². The number of thioether (sulfide) groups is 1. The Morgan fingerprint density at radius 3 is 2.75 bits per heavy atom. The second-order valence-electron chi connectivity index (χ2n) is 4.56. The molecular formula is C15H17BrN2OS. The van der Waals surface area contributed by atoms with Crippen molar-refractivity contribution in [2.24, 2.45) is 0 Å². The summed E-state index contributed by atoms with van der Waals surface area (Å²) in [6.07, 6.45) is 3.04. The van der Waals surface area contributed by atoms with Crippen molar-refractivity contribution in [3.05, 3.63) is 56.4 Å². The summed E-state index contributed by atoms with van der Waals surface area (Å²) in [6, 6.07) is 9.76. The van der Waals surface area contributed by atoms with Gasteiger partial charge in [-0.05, 0) is 30.5 Å². The molecule has 2 aromatic rings. The molecule has 106 valence electrons. The number of nitrogens with one attached hydrogen (secondary N) is 1. The summed E-state index contributed by atoms with van der Waals surface area (Å²) in [5.74, 6) is 0.799. The van der Waals surface area contributed by atoms with Gasteiger partial charge < -0.3 is 4.98 Å². The largest absolute Gasteiger partial charge is 0.301 e. The van der Waals surface area contributed by atoms with Crippen molar-refractivity contribution in [2.75, 3.05) is 0 Å². The number of unbranched alkanes of at least 4 members (excludes halogenated alkanes) is 1. The van der Waals surface area contributed by atoms with Crippen LogP contribution in [0.2, 0.25) is 0 Å². The number of rotatable bonds is 6. The maximum atomic E-state index is 11.6. The first-order valence-corrected chi connectivity index (χ1v) is 8.42. The van der Waals surface area contributed by atoms with Crippen molar-refractivity contribution >= 4 is 27.7 Å². The first kappa shape index (κ1) is 15.3. The van der Waals surface area contributed by atoms with E-state index in [2.05, 4.69) is 45.0 Å². The van der Waals surface area contributed by atoms with Crippen LogP contribution < -0.4 is 5.56 Å². The van der Waals surface area contributed by atoms with Crippen LogP contribution in [-0.4, -0.2) is 9.97 Å². The summed E-state index contributed by atoms with van der Waals surface area (Å²) in [6.45, 7) is 2.14. The molecule has 2 rings (SSSR count). The van der Waals surface area contributed by atoms with E-state index >= 15 is 0 Å². The van der Waals surface area contributed by atoms with E-state index in [9.17, 15) is 4.79 Å². The third kappa shape index (κ3) is 4.80. The van der Waals surface area contributed by atoms with Gasteiger partial charge in [-0.3, -0.25) is 4.79 Å². The molecule has 0 amide bonds. The van der Waals surface area contributed by atoms with Gasteiger partial charge in [0.25, 0.3) is 5.56 Å². The third-order valence-electron chi connectivity index (χ3n) is 2.85. The van der Waals surface area contributed by atoms with E-state index in [1.807, 2.05) is 12.1 Å². The minimum Gasteiger partial charge on any atom is -0.301 e. The highest BCUT2D eigenvalue weighted by molar-refractivity contribution is 9.10. The van der Waals surface area contributed by atoms with Crippen molar-refractivity contribution < 1.29 is 0 Å². The molecule has 1 N–H and O–H groups in total. The molecule has 1 aromatic carbocycles. The van der Waals surface area contributed by atoms with Gasteiger partial charge in [-0.25, -0.2) is 4.98 Å². The smallest absolute Gasteiger partial charge is 0.251 e. The average molecular weight is 353 g/mol. The summed E-state index contributed by atoms with van der Waals surface area (Å²) in [4.78, 5) is 18.9. The molecular weight excluding hydrogens is 336 g/mol. The quantitative estimate of drug-likeness (QED) is 0.626. The molecule has 0 bridgehead atoms. The van der Waals surface area contributed by atoms with Crippen LogP contribution in [0.15, 0.2) is 44.8 Å². The first-order valence-electron chi connectivity index (χ1n) is 6.65.